The van der Waals surface area contributed by atoms with E-state index in [0.29, 0.717) is 33.6 Å². The van der Waals surface area contributed by atoms with Gasteiger partial charge in [0, 0.05) is 27.1 Å². The van der Waals surface area contributed by atoms with Gasteiger partial charge < -0.3 is 9.13 Å². The normalized spacial score (nSPS) is 13.2. The lowest BCUT2D eigenvalue weighted by Crippen LogP contribution is -2.10. The summed E-state index contributed by atoms with van der Waals surface area (Å²) in [5.74, 6) is 0. The van der Waals surface area contributed by atoms with E-state index in [1.54, 1.807) is 6.92 Å². The number of hydrogen-bond acceptors (Lipinski definition) is 1. The van der Waals surface area contributed by atoms with Gasteiger partial charge in [-0.2, -0.15) is 18.4 Å². The summed E-state index contributed by atoms with van der Waals surface area (Å²) in [7, 11) is 0. The predicted octanol–water partition coefficient (Wildman–Crippen LogP) is 15.9. The molecule has 6 aromatic carbocycles. The van der Waals surface area contributed by atoms with Gasteiger partial charge in [0.15, 0.2) is 0 Å². The minimum absolute atomic E-state index is 0.109. The fraction of sp³-hybridized carbons (Fsp3) is 0.327. The number of nitrogens with zero attached hydrogens (tertiary/aromatic N) is 3. The van der Waals surface area contributed by atoms with E-state index in [2.05, 4.69) is 171 Å². The second-order valence-electron chi connectivity index (χ2n) is 21.2. The largest absolute Gasteiger partial charge is 0.416 e. The van der Waals surface area contributed by atoms with Gasteiger partial charge in [-0.25, -0.2) is 0 Å². The summed E-state index contributed by atoms with van der Waals surface area (Å²) in [6.07, 6.45) is -4.56. The van der Waals surface area contributed by atoms with Crippen molar-refractivity contribution in [3.63, 3.8) is 0 Å². The van der Waals surface area contributed by atoms with Crippen LogP contribution in [0.15, 0.2) is 103 Å². The standard InChI is InChI=1S/C55H56F3N3/c1-32-22-33(24-39(23-32)55(56,57)58)40-30-49(60-45-18-14-35(51(2,3)4)26-41(45)42-27-36(52(5,6)7)15-19-46(42)60)34(31-59)25-50(40)61-47-20-16-37(53(8,9)10)28-43(47)44-29-38(54(11,12)13)17-21-48(44)61/h14-30H,1-13H3. The Morgan fingerprint density at radius 2 is 0.787 bits per heavy atom. The molecule has 0 aliphatic heterocycles. The van der Waals surface area contributed by atoms with Crippen molar-refractivity contribution in [3.05, 3.63) is 142 Å². The molecule has 0 aliphatic rings. The molecule has 8 rings (SSSR count). The number of benzene rings is 6. The van der Waals surface area contributed by atoms with Gasteiger partial charge in [0.05, 0.1) is 44.6 Å². The van der Waals surface area contributed by atoms with Gasteiger partial charge in [-0.1, -0.05) is 113 Å². The Bertz CT molecular complexity index is 2970. The Kier molecular flexibility index (Phi) is 9.52. The minimum atomic E-state index is -4.56. The summed E-state index contributed by atoms with van der Waals surface area (Å²) in [5.41, 5.74) is 10.4. The van der Waals surface area contributed by atoms with E-state index in [4.69, 9.17) is 0 Å². The maximum Gasteiger partial charge on any atom is 0.416 e. The number of fused-ring (bicyclic) bond motifs is 6. The highest BCUT2D eigenvalue weighted by molar-refractivity contribution is 6.12. The first-order valence-corrected chi connectivity index (χ1v) is 21.2. The molecule has 0 amide bonds. The first-order valence-electron chi connectivity index (χ1n) is 21.2. The molecule has 312 valence electrons. The summed E-state index contributed by atoms with van der Waals surface area (Å²) in [5, 5.41) is 15.4. The maximum atomic E-state index is 14.7. The molecule has 3 nitrogen and oxygen atoms in total. The zero-order valence-corrected chi connectivity index (χ0v) is 37.8. The van der Waals surface area contributed by atoms with E-state index in [9.17, 15) is 18.4 Å². The van der Waals surface area contributed by atoms with E-state index < -0.39 is 11.7 Å². The van der Waals surface area contributed by atoms with E-state index in [0.717, 1.165) is 43.6 Å². The summed E-state index contributed by atoms with van der Waals surface area (Å²) < 4.78 is 48.3. The lowest BCUT2D eigenvalue weighted by molar-refractivity contribution is -0.137. The smallest absolute Gasteiger partial charge is 0.309 e. The number of alkyl halides is 3. The van der Waals surface area contributed by atoms with Crippen LogP contribution in [0.2, 0.25) is 0 Å². The molecule has 0 radical (unpaired) electrons. The fourth-order valence-corrected chi connectivity index (χ4v) is 8.80. The number of halogens is 3. The van der Waals surface area contributed by atoms with Gasteiger partial charge >= 0.3 is 6.18 Å². The fourth-order valence-electron chi connectivity index (χ4n) is 8.80. The Morgan fingerprint density at radius 3 is 1.11 bits per heavy atom. The van der Waals surface area contributed by atoms with Gasteiger partial charge in [-0.15, -0.1) is 0 Å². The third-order valence-electron chi connectivity index (χ3n) is 12.4. The van der Waals surface area contributed by atoms with Crippen LogP contribution in [0.5, 0.6) is 0 Å². The van der Waals surface area contributed by atoms with Crippen LogP contribution in [0.25, 0.3) is 66.1 Å². The number of rotatable bonds is 3. The SMILES string of the molecule is Cc1cc(-c2cc(-n3c4ccc(C(C)(C)C)cc4c4cc(C(C)(C)C)ccc43)c(C#N)cc2-n2c3ccc(C(C)(C)C)cc3c3cc(C(C)(C)C)ccc32)cc(C(F)(F)F)c1. The van der Waals surface area contributed by atoms with Gasteiger partial charge in [0.1, 0.15) is 6.07 Å². The molecule has 0 spiro atoms. The molecule has 6 heteroatoms. The molecule has 2 heterocycles. The highest BCUT2D eigenvalue weighted by Gasteiger charge is 2.32. The molecule has 2 aromatic heterocycles. The number of aromatic nitrogens is 2. The summed E-state index contributed by atoms with van der Waals surface area (Å²) >= 11 is 0. The lowest BCUT2D eigenvalue weighted by atomic mass is 9.85. The van der Waals surface area contributed by atoms with Crippen molar-refractivity contribution >= 4 is 43.6 Å². The summed E-state index contributed by atoms with van der Waals surface area (Å²) in [6, 6.07) is 36.8. The molecule has 8 aromatic rings. The molecule has 0 saturated carbocycles. The predicted molar refractivity (Wildman–Crippen MR) is 250 cm³/mol. The van der Waals surface area contributed by atoms with Crippen LogP contribution in [0.3, 0.4) is 0 Å². The number of hydrogen-bond donors (Lipinski definition) is 0. The van der Waals surface area contributed by atoms with Crippen LogP contribution in [-0.4, -0.2) is 9.13 Å². The van der Waals surface area contributed by atoms with Crippen LogP contribution < -0.4 is 0 Å². The van der Waals surface area contributed by atoms with E-state index in [1.807, 2.05) is 18.2 Å². The molecule has 0 N–H and O–H groups in total. The Balaban J connectivity index is 1.54. The number of nitriles is 1. The van der Waals surface area contributed by atoms with Crippen molar-refractivity contribution in [2.45, 2.75) is 118 Å². The van der Waals surface area contributed by atoms with E-state index >= 15 is 0 Å². The number of aryl methyl sites for hydroxylation is 1. The second-order valence-corrected chi connectivity index (χ2v) is 21.2. The molecule has 0 bridgehead atoms. The van der Waals surface area contributed by atoms with Crippen LogP contribution in [-0.2, 0) is 27.8 Å². The average Bonchev–Trinajstić information content (AvgIpc) is 3.66. The molecule has 0 fully saturated rings. The van der Waals surface area contributed by atoms with Gasteiger partial charge in [-0.3, -0.25) is 0 Å². The zero-order valence-electron chi connectivity index (χ0n) is 37.8. The lowest BCUT2D eigenvalue weighted by Gasteiger charge is -2.21. The van der Waals surface area contributed by atoms with Crippen LogP contribution in [0.1, 0.15) is 122 Å². The van der Waals surface area contributed by atoms with Gasteiger partial charge in [0.2, 0.25) is 0 Å². The van der Waals surface area contributed by atoms with Gasteiger partial charge in [0.25, 0.3) is 0 Å². The van der Waals surface area contributed by atoms with Crippen molar-refractivity contribution in [2.24, 2.45) is 0 Å². The third-order valence-corrected chi connectivity index (χ3v) is 12.4. The summed E-state index contributed by atoms with van der Waals surface area (Å²) in [6.45, 7) is 28.1. The molecule has 0 unspecified atom stereocenters. The first kappa shape index (κ1) is 41.9. The van der Waals surface area contributed by atoms with Crippen molar-refractivity contribution in [1.29, 1.82) is 5.26 Å². The summed E-state index contributed by atoms with van der Waals surface area (Å²) in [4.78, 5) is 0. The molecule has 0 atom stereocenters. The van der Waals surface area contributed by atoms with Crippen molar-refractivity contribution in [2.75, 3.05) is 0 Å². The Labute approximate surface area is 358 Å². The Hall–Kier alpha value is -5.80. The zero-order chi connectivity index (χ0) is 44.4. The van der Waals surface area contributed by atoms with Gasteiger partial charge in [-0.05, 0) is 135 Å². The topological polar surface area (TPSA) is 33.6 Å². The van der Waals surface area contributed by atoms with Crippen molar-refractivity contribution < 1.29 is 13.2 Å². The molecular weight excluding hydrogens is 760 g/mol. The Morgan fingerprint density at radius 1 is 0.426 bits per heavy atom. The van der Waals surface area contributed by atoms with E-state index in [1.165, 1.54) is 34.4 Å². The van der Waals surface area contributed by atoms with Crippen LogP contribution in [0.4, 0.5) is 13.2 Å². The monoisotopic (exact) mass is 815 g/mol. The molecule has 61 heavy (non-hydrogen) atoms. The van der Waals surface area contributed by atoms with Crippen LogP contribution >= 0.6 is 0 Å². The molecule has 0 aliphatic carbocycles. The molecular formula is C55H56F3N3. The van der Waals surface area contributed by atoms with Crippen molar-refractivity contribution in [3.8, 4) is 28.6 Å². The van der Waals surface area contributed by atoms with E-state index in [-0.39, 0.29) is 21.7 Å². The van der Waals surface area contributed by atoms with Crippen LogP contribution in [0, 0.1) is 18.3 Å². The third kappa shape index (κ3) is 7.30. The highest BCUT2D eigenvalue weighted by atomic mass is 19.4. The first-order chi connectivity index (χ1) is 28.3. The average molecular weight is 816 g/mol. The highest BCUT2D eigenvalue weighted by Crippen LogP contribution is 2.45. The maximum absolute atomic E-state index is 14.7. The minimum Gasteiger partial charge on any atom is -0.309 e. The van der Waals surface area contributed by atoms with Crippen molar-refractivity contribution in [1.82, 2.24) is 9.13 Å². The molecule has 0 saturated heterocycles. The quantitative estimate of drug-likeness (QED) is 0.175. The second kappa shape index (κ2) is 13.9.